The minimum atomic E-state index is -0.247. The van der Waals surface area contributed by atoms with Gasteiger partial charge >= 0.3 is 0 Å². The molecule has 0 aliphatic carbocycles. The molecule has 33 heavy (non-hydrogen) atoms. The van der Waals surface area contributed by atoms with Crippen molar-refractivity contribution in [1.29, 1.82) is 0 Å². The normalized spacial score (nSPS) is 15.9. The van der Waals surface area contributed by atoms with Crippen LogP contribution in [0, 0.1) is 0 Å². The van der Waals surface area contributed by atoms with Crippen molar-refractivity contribution in [2.75, 3.05) is 39.2 Å². The first kappa shape index (κ1) is 22.4. The summed E-state index contributed by atoms with van der Waals surface area (Å²) in [4.78, 5) is 37.9. The van der Waals surface area contributed by atoms with Crippen molar-refractivity contribution < 1.29 is 9.53 Å². The van der Waals surface area contributed by atoms with Crippen molar-refractivity contribution in [3.8, 4) is 16.9 Å². The molecule has 2 aromatic heterocycles. The number of anilines is 1. The summed E-state index contributed by atoms with van der Waals surface area (Å²) in [6.07, 6.45) is 3.61. The van der Waals surface area contributed by atoms with Crippen LogP contribution in [-0.2, 0) is 7.05 Å². The van der Waals surface area contributed by atoms with Gasteiger partial charge in [-0.05, 0) is 36.6 Å². The Hall–Kier alpha value is -3.75. The maximum Gasteiger partial charge on any atom is 0.274 e. The fourth-order valence-corrected chi connectivity index (χ4v) is 4.09. The zero-order chi connectivity index (χ0) is 23.5. The number of piperidine rings is 1. The van der Waals surface area contributed by atoms with Gasteiger partial charge in [-0.15, -0.1) is 0 Å². The van der Waals surface area contributed by atoms with E-state index in [-0.39, 0.29) is 23.1 Å². The standard InChI is InChI=1S/C24H28N6O3/c1-28(2)24-25-14-19(16-7-5-9-18(13-16)33-4)22(26-24)17-8-6-12-30(15-17)23(32)20-10-11-21(31)29(3)27-20/h5,7,9-11,13-14,17H,6,8,12,15H2,1-4H3/t17-/m0/s1. The predicted octanol–water partition coefficient (Wildman–Crippen LogP) is 2.33. The molecule has 0 spiro atoms. The summed E-state index contributed by atoms with van der Waals surface area (Å²) >= 11 is 0. The van der Waals surface area contributed by atoms with Gasteiger partial charge in [-0.25, -0.2) is 14.6 Å². The molecule has 0 radical (unpaired) electrons. The van der Waals surface area contributed by atoms with Crippen molar-refractivity contribution in [3.05, 3.63) is 64.3 Å². The lowest BCUT2D eigenvalue weighted by atomic mass is 9.89. The number of hydrogen-bond acceptors (Lipinski definition) is 7. The Labute approximate surface area is 192 Å². The Bertz CT molecular complexity index is 1220. The molecule has 1 atom stereocenters. The van der Waals surface area contributed by atoms with Crippen molar-refractivity contribution >= 4 is 11.9 Å². The molecule has 1 fully saturated rings. The number of aromatic nitrogens is 4. The Morgan fingerprint density at radius 3 is 2.76 bits per heavy atom. The number of hydrogen-bond donors (Lipinski definition) is 0. The van der Waals surface area contributed by atoms with Gasteiger partial charge in [0.25, 0.3) is 11.5 Å². The van der Waals surface area contributed by atoms with Crippen LogP contribution < -0.4 is 15.2 Å². The maximum absolute atomic E-state index is 13.1. The lowest BCUT2D eigenvalue weighted by Crippen LogP contribution is -2.40. The summed E-state index contributed by atoms with van der Waals surface area (Å²) in [5.41, 5.74) is 2.83. The van der Waals surface area contributed by atoms with E-state index >= 15 is 0 Å². The Morgan fingerprint density at radius 2 is 2.03 bits per heavy atom. The van der Waals surface area contributed by atoms with Crippen molar-refractivity contribution in [1.82, 2.24) is 24.6 Å². The van der Waals surface area contributed by atoms with E-state index in [0.717, 1.165) is 35.4 Å². The number of methoxy groups -OCH3 is 1. The molecule has 1 amide bonds. The molecule has 3 aromatic rings. The first-order valence-corrected chi connectivity index (χ1v) is 10.9. The molecule has 9 nitrogen and oxygen atoms in total. The van der Waals surface area contributed by atoms with E-state index in [0.29, 0.717) is 19.0 Å². The summed E-state index contributed by atoms with van der Waals surface area (Å²) in [6, 6.07) is 10.7. The maximum atomic E-state index is 13.1. The van der Waals surface area contributed by atoms with E-state index in [1.807, 2.05) is 49.5 Å². The van der Waals surface area contributed by atoms with E-state index in [1.165, 1.54) is 16.8 Å². The third-order valence-electron chi connectivity index (χ3n) is 5.86. The smallest absolute Gasteiger partial charge is 0.274 e. The topological polar surface area (TPSA) is 93.5 Å². The second-order valence-electron chi connectivity index (χ2n) is 8.37. The first-order valence-electron chi connectivity index (χ1n) is 10.9. The van der Waals surface area contributed by atoms with Crippen LogP contribution in [0.1, 0.15) is 34.9 Å². The molecule has 1 saturated heterocycles. The number of carbonyl (C=O) groups excluding carboxylic acids is 1. The van der Waals surface area contributed by atoms with Crippen LogP contribution in [0.2, 0.25) is 0 Å². The Kier molecular flexibility index (Phi) is 6.39. The lowest BCUT2D eigenvalue weighted by molar-refractivity contribution is 0.0697. The minimum absolute atomic E-state index is 0.0399. The molecular formula is C24H28N6O3. The van der Waals surface area contributed by atoms with Gasteiger partial charge in [-0.1, -0.05) is 12.1 Å². The van der Waals surface area contributed by atoms with Crippen LogP contribution in [0.3, 0.4) is 0 Å². The Morgan fingerprint density at radius 1 is 1.21 bits per heavy atom. The molecule has 3 heterocycles. The molecule has 0 saturated carbocycles. The van der Waals surface area contributed by atoms with Gasteiger partial charge in [-0.2, -0.15) is 5.10 Å². The van der Waals surface area contributed by atoms with Gasteiger partial charge < -0.3 is 14.5 Å². The van der Waals surface area contributed by atoms with Crippen molar-refractivity contribution in [2.45, 2.75) is 18.8 Å². The van der Waals surface area contributed by atoms with E-state index in [2.05, 4.69) is 10.1 Å². The molecule has 0 bridgehead atoms. The van der Waals surface area contributed by atoms with Gasteiger partial charge in [0.15, 0.2) is 0 Å². The molecular weight excluding hydrogens is 420 g/mol. The number of benzene rings is 1. The molecule has 4 rings (SSSR count). The first-order chi connectivity index (χ1) is 15.9. The number of aryl methyl sites for hydroxylation is 1. The van der Waals surface area contributed by atoms with Crippen LogP contribution in [0.4, 0.5) is 5.95 Å². The SMILES string of the molecule is COc1cccc(-c2cnc(N(C)C)nc2[C@H]2CCCN(C(=O)c3ccc(=O)n(C)n3)C2)c1. The number of nitrogens with zero attached hydrogens (tertiary/aromatic N) is 6. The molecule has 1 aromatic carbocycles. The highest BCUT2D eigenvalue weighted by molar-refractivity contribution is 5.92. The van der Waals surface area contributed by atoms with Crippen LogP contribution >= 0.6 is 0 Å². The van der Waals surface area contributed by atoms with Gasteiger partial charge in [0.05, 0.1) is 12.8 Å². The Balaban J connectivity index is 1.69. The summed E-state index contributed by atoms with van der Waals surface area (Å²) < 4.78 is 6.59. The van der Waals surface area contributed by atoms with Gasteiger partial charge in [0, 0.05) is 58.0 Å². The molecule has 1 aliphatic rings. The highest BCUT2D eigenvalue weighted by Gasteiger charge is 2.29. The van der Waals surface area contributed by atoms with Crippen LogP contribution in [0.15, 0.2) is 47.4 Å². The fraction of sp³-hybridized carbons (Fsp3) is 0.375. The van der Waals surface area contributed by atoms with Gasteiger partial charge in [0.1, 0.15) is 11.4 Å². The van der Waals surface area contributed by atoms with E-state index in [1.54, 1.807) is 19.1 Å². The number of likely N-dealkylation sites (tertiary alicyclic amines) is 1. The molecule has 1 aliphatic heterocycles. The van der Waals surface area contributed by atoms with Crippen LogP contribution in [-0.4, -0.2) is 64.9 Å². The summed E-state index contributed by atoms with van der Waals surface area (Å²) in [7, 11) is 7.00. The number of ether oxygens (including phenoxy) is 1. The highest BCUT2D eigenvalue weighted by atomic mass is 16.5. The molecule has 0 unspecified atom stereocenters. The lowest BCUT2D eigenvalue weighted by Gasteiger charge is -2.33. The fourth-order valence-electron chi connectivity index (χ4n) is 4.09. The minimum Gasteiger partial charge on any atom is -0.497 e. The predicted molar refractivity (Wildman–Crippen MR) is 126 cm³/mol. The number of rotatable bonds is 5. The number of carbonyl (C=O) groups is 1. The second kappa shape index (κ2) is 9.40. The quantitative estimate of drug-likeness (QED) is 0.591. The van der Waals surface area contributed by atoms with Gasteiger partial charge in [0.2, 0.25) is 5.95 Å². The van der Waals surface area contributed by atoms with Crippen molar-refractivity contribution in [2.24, 2.45) is 7.05 Å². The molecule has 172 valence electrons. The average molecular weight is 449 g/mol. The van der Waals surface area contributed by atoms with E-state index < -0.39 is 0 Å². The van der Waals surface area contributed by atoms with E-state index in [9.17, 15) is 9.59 Å². The summed E-state index contributed by atoms with van der Waals surface area (Å²) in [5, 5.41) is 4.13. The molecule has 0 N–H and O–H groups in total. The highest BCUT2D eigenvalue weighted by Crippen LogP contribution is 2.35. The second-order valence-corrected chi connectivity index (χ2v) is 8.37. The number of amides is 1. The van der Waals surface area contributed by atoms with Gasteiger partial charge in [-0.3, -0.25) is 9.59 Å². The zero-order valence-electron chi connectivity index (χ0n) is 19.4. The van der Waals surface area contributed by atoms with Crippen molar-refractivity contribution in [3.63, 3.8) is 0 Å². The van der Waals surface area contributed by atoms with Crippen LogP contribution in [0.5, 0.6) is 5.75 Å². The summed E-state index contributed by atoms with van der Waals surface area (Å²) in [5.74, 6) is 1.24. The monoisotopic (exact) mass is 448 g/mol. The van der Waals surface area contributed by atoms with Crippen LogP contribution in [0.25, 0.3) is 11.1 Å². The largest absolute Gasteiger partial charge is 0.497 e. The third kappa shape index (κ3) is 4.72. The average Bonchev–Trinajstić information content (AvgIpc) is 2.85. The third-order valence-corrected chi connectivity index (χ3v) is 5.86. The summed E-state index contributed by atoms with van der Waals surface area (Å²) in [6.45, 7) is 1.16. The zero-order valence-corrected chi connectivity index (χ0v) is 19.4. The van der Waals surface area contributed by atoms with E-state index in [4.69, 9.17) is 9.72 Å². The molecule has 9 heteroatoms.